The van der Waals surface area contributed by atoms with Gasteiger partial charge in [0.05, 0.1) is 5.69 Å². The SMILES string of the molecule is CC(Oc1ccc(Cl)cc1)C(=O)Nc1c(C(=O)c2ccc3c(c2)OCCO3)oc2ccccc12. The molecule has 5 rings (SSSR count). The number of halogens is 1. The van der Waals surface area contributed by atoms with Crippen molar-refractivity contribution in [2.45, 2.75) is 13.0 Å². The highest BCUT2D eigenvalue weighted by atomic mass is 35.5. The molecular weight excluding hydrogens is 458 g/mol. The lowest BCUT2D eigenvalue weighted by Crippen LogP contribution is -2.30. The molecule has 8 heteroatoms. The fraction of sp³-hybridized carbons (Fsp3) is 0.154. The van der Waals surface area contributed by atoms with E-state index < -0.39 is 17.8 Å². The maximum absolute atomic E-state index is 13.4. The standard InChI is InChI=1S/C26H20ClNO6/c1-15(33-18-9-7-17(27)8-10-18)26(30)28-23-19-4-2-3-5-20(19)34-25(23)24(29)16-6-11-21-22(14-16)32-13-12-31-21/h2-11,14-15H,12-13H2,1H3,(H,28,30). The minimum atomic E-state index is -0.841. The van der Waals surface area contributed by atoms with E-state index in [2.05, 4.69) is 5.32 Å². The van der Waals surface area contributed by atoms with Crippen molar-refractivity contribution in [3.63, 3.8) is 0 Å². The number of furan rings is 1. The Morgan fingerprint density at radius 2 is 1.71 bits per heavy atom. The second-order valence-corrected chi connectivity index (χ2v) is 8.13. The van der Waals surface area contributed by atoms with E-state index >= 15 is 0 Å². The highest BCUT2D eigenvalue weighted by Gasteiger charge is 2.26. The first-order valence-corrected chi connectivity index (χ1v) is 11.1. The van der Waals surface area contributed by atoms with Crippen LogP contribution in [0, 0.1) is 0 Å². The second kappa shape index (κ2) is 9.11. The molecule has 4 aromatic rings. The lowest BCUT2D eigenvalue weighted by Gasteiger charge is -2.18. The first-order chi connectivity index (χ1) is 16.5. The van der Waals surface area contributed by atoms with Crippen LogP contribution in [0.5, 0.6) is 17.2 Å². The number of anilines is 1. The molecule has 1 aliphatic heterocycles. The van der Waals surface area contributed by atoms with E-state index in [0.717, 1.165) is 0 Å². The third kappa shape index (κ3) is 4.30. The minimum absolute atomic E-state index is 0.0184. The highest BCUT2D eigenvalue weighted by molar-refractivity contribution is 6.30. The van der Waals surface area contributed by atoms with E-state index in [1.807, 2.05) is 0 Å². The van der Waals surface area contributed by atoms with Crippen LogP contribution >= 0.6 is 11.6 Å². The molecule has 1 aliphatic rings. The Morgan fingerprint density at radius 3 is 2.50 bits per heavy atom. The van der Waals surface area contributed by atoms with E-state index in [9.17, 15) is 9.59 Å². The normalized spacial score (nSPS) is 13.4. The topological polar surface area (TPSA) is 87.0 Å². The molecule has 0 fully saturated rings. The number of rotatable bonds is 6. The average molecular weight is 478 g/mol. The zero-order valence-corrected chi connectivity index (χ0v) is 18.9. The van der Waals surface area contributed by atoms with Gasteiger partial charge in [-0.25, -0.2) is 0 Å². The van der Waals surface area contributed by atoms with Gasteiger partial charge in [-0.2, -0.15) is 0 Å². The van der Waals surface area contributed by atoms with Crippen LogP contribution in [0.1, 0.15) is 23.0 Å². The summed E-state index contributed by atoms with van der Waals surface area (Å²) in [5, 5.41) is 3.99. The lowest BCUT2D eigenvalue weighted by atomic mass is 10.1. The summed E-state index contributed by atoms with van der Waals surface area (Å²) >= 11 is 5.91. The summed E-state index contributed by atoms with van der Waals surface area (Å²) in [6, 6.07) is 18.8. The monoisotopic (exact) mass is 477 g/mol. The molecule has 0 saturated heterocycles. The van der Waals surface area contributed by atoms with Crippen LogP contribution in [0.15, 0.2) is 71.1 Å². The predicted octanol–water partition coefficient (Wildman–Crippen LogP) is 5.49. The van der Waals surface area contributed by atoms with Crippen molar-refractivity contribution in [2.75, 3.05) is 18.5 Å². The van der Waals surface area contributed by atoms with Crippen LogP contribution in [0.4, 0.5) is 5.69 Å². The number of amides is 1. The molecule has 3 aromatic carbocycles. The molecule has 34 heavy (non-hydrogen) atoms. The van der Waals surface area contributed by atoms with Gasteiger partial charge in [0.2, 0.25) is 5.78 Å². The first kappa shape index (κ1) is 21.9. The third-order valence-electron chi connectivity index (χ3n) is 5.35. The molecule has 1 N–H and O–H groups in total. The fourth-order valence-corrected chi connectivity index (χ4v) is 3.77. The van der Waals surface area contributed by atoms with Gasteiger partial charge in [-0.3, -0.25) is 9.59 Å². The van der Waals surface area contributed by atoms with Crippen LogP contribution in [-0.2, 0) is 4.79 Å². The summed E-state index contributed by atoms with van der Waals surface area (Å²) in [7, 11) is 0. The van der Waals surface area contributed by atoms with Gasteiger partial charge in [0.15, 0.2) is 23.4 Å². The maximum atomic E-state index is 13.4. The maximum Gasteiger partial charge on any atom is 0.265 e. The number of fused-ring (bicyclic) bond motifs is 2. The Morgan fingerprint density at radius 1 is 0.971 bits per heavy atom. The first-order valence-electron chi connectivity index (χ1n) is 10.7. The van der Waals surface area contributed by atoms with Crippen molar-refractivity contribution in [3.05, 3.63) is 83.1 Å². The van der Waals surface area contributed by atoms with Gasteiger partial charge >= 0.3 is 0 Å². The number of ether oxygens (including phenoxy) is 3. The summed E-state index contributed by atoms with van der Waals surface area (Å²) in [4.78, 5) is 26.4. The Bertz CT molecular complexity index is 1380. The molecule has 7 nitrogen and oxygen atoms in total. The Hall–Kier alpha value is -3.97. The van der Waals surface area contributed by atoms with Crippen LogP contribution in [-0.4, -0.2) is 31.0 Å². The zero-order valence-electron chi connectivity index (χ0n) is 18.2. The number of carbonyl (C=O) groups is 2. The molecule has 172 valence electrons. The number of benzene rings is 3. The molecule has 0 radical (unpaired) electrons. The van der Waals surface area contributed by atoms with E-state index in [1.54, 1.807) is 73.7 Å². The largest absolute Gasteiger partial charge is 0.486 e. The second-order valence-electron chi connectivity index (χ2n) is 7.69. The molecule has 1 unspecified atom stereocenters. The smallest absolute Gasteiger partial charge is 0.265 e. The van der Waals surface area contributed by atoms with Gasteiger partial charge in [-0.15, -0.1) is 0 Å². The highest BCUT2D eigenvalue weighted by Crippen LogP contribution is 2.35. The molecule has 1 amide bonds. The quantitative estimate of drug-likeness (QED) is 0.369. The number of hydrogen-bond donors (Lipinski definition) is 1. The number of carbonyl (C=O) groups excluding carboxylic acids is 2. The Balaban J connectivity index is 1.44. The van der Waals surface area contributed by atoms with Crippen LogP contribution in [0.3, 0.4) is 0 Å². The molecule has 0 bridgehead atoms. The molecule has 0 aliphatic carbocycles. The van der Waals surface area contributed by atoms with Gasteiger partial charge in [-0.05, 0) is 61.5 Å². The number of nitrogens with one attached hydrogen (secondary N) is 1. The number of para-hydroxylation sites is 1. The zero-order chi connectivity index (χ0) is 23.7. The summed E-state index contributed by atoms with van der Waals surface area (Å²) in [6.07, 6.45) is -0.841. The van der Waals surface area contributed by atoms with Gasteiger partial charge in [0.25, 0.3) is 5.91 Å². The van der Waals surface area contributed by atoms with Gasteiger partial charge in [-0.1, -0.05) is 23.7 Å². The molecule has 1 atom stereocenters. The van der Waals surface area contributed by atoms with Gasteiger partial charge in [0.1, 0.15) is 24.5 Å². The van der Waals surface area contributed by atoms with Crippen molar-refractivity contribution in [3.8, 4) is 17.2 Å². The number of ketones is 1. The summed E-state index contributed by atoms with van der Waals surface area (Å²) in [6.45, 7) is 2.48. The van der Waals surface area contributed by atoms with Crippen molar-refractivity contribution in [1.29, 1.82) is 0 Å². The third-order valence-corrected chi connectivity index (χ3v) is 5.60. The van der Waals surface area contributed by atoms with Crippen LogP contribution in [0.25, 0.3) is 11.0 Å². The van der Waals surface area contributed by atoms with Crippen LogP contribution < -0.4 is 19.5 Å². The summed E-state index contributed by atoms with van der Waals surface area (Å²) in [5.41, 5.74) is 1.11. The van der Waals surface area contributed by atoms with E-state index in [0.29, 0.717) is 52.0 Å². The molecule has 2 heterocycles. The van der Waals surface area contributed by atoms with E-state index in [-0.39, 0.29) is 11.4 Å². The fourth-order valence-electron chi connectivity index (χ4n) is 3.64. The molecular formula is C26H20ClNO6. The van der Waals surface area contributed by atoms with Crippen molar-refractivity contribution >= 4 is 39.9 Å². The average Bonchev–Trinajstić information content (AvgIpc) is 3.23. The predicted molar refractivity (Wildman–Crippen MR) is 127 cm³/mol. The van der Waals surface area contributed by atoms with Crippen LogP contribution in [0.2, 0.25) is 5.02 Å². The van der Waals surface area contributed by atoms with Gasteiger partial charge < -0.3 is 23.9 Å². The minimum Gasteiger partial charge on any atom is -0.486 e. The number of hydrogen-bond acceptors (Lipinski definition) is 6. The summed E-state index contributed by atoms with van der Waals surface area (Å²) < 4.78 is 22.7. The molecule has 1 aromatic heterocycles. The van der Waals surface area contributed by atoms with Crippen molar-refractivity contribution in [1.82, 2.24) is 0 Å². The molecule has 0 saturated carbocycles. The Kier molecular flexibility index (Phi) is 5.86. The van der Waals surface area contributed by atoms with Crippen molar-refractivity contribution < 1.29 is 28.2 Å². The van der Waals surface area contributed by atoms with E-state index in [1.165, 1.54) is 0 Å². The summed E-state index contributed by atoms with van der Waals surface area (Å²) in [5.74, 6) is 0.756. The van der Waals surface area contributed by atoms with Crippen molar-refractivity contribution in [2.24, 2.45) is 0 Å². The van der Waals surface area contributed by atoms with E-state index in [4.69, 9.17) is 30.2 Å². The molecule has 0 spiro atoms. The lowest BCUT2D eigenvalue weighted by molar-refractivity contribution is -0.122. The van der Waals surface area contributed by atoms with Gasteiger partial charge in [0, 0.05) is 16.0 Å². The Labute approximate surface area is 200 Å².